The maximum absolute atomic E-state index is 3.54. The summed E-state index contributed by atoms with van der Waals surface area (Å²) in [7, 11) is 0. The SMILES string of the molecule is Cc1cccc2[nH]c([C@@H]3CCNC3)cc12. The van der Waals surface area contributed by atoms with Crippen LogP contribution in [0, 0.1) is 6.92 Å². The van der Waals surface area contributed by atoms with Gasteiger partial charge in [-0.3, -0.25) is 0 Å². The van der Waals surface area contributed by atoms with Gasteiger partial charge in [0.15, 0.2) is 0 Å². The molecule has 2 nitrogen and oxygen atoms in total. The maximum Gasteiger partial charge on any atom is 0.0458 e. The van der Waals surface area contributed by atoms with Crippen LogP contribution in [0.1, 0.15) is 23.6 Å². The van der Waals surface area contributed by atoms with Crippen molar-refractivity contribution in [2.24, 2.45) is 0 Å². The molecule has 1 atom stereocenters. The average Bonchev–Trinajstić information content (AvgIpc) is 2.86. The lowest BCUT2D eigenvalue weighted by molar-refractivity contribution is 0.743. The molecule has 2 heterocycles. The molecule has 0 aliphatic carbocycles. The van der Waals surface area contributed by atoms with E-state index < -0.39 is 0 Å². The van der Waals surface area contributed by atoms with Crippen molar-refractivity contribution in [1.82, 2.24) is 10.3 Å². The van der Waals surface area contributed by atoms with Crippen LogP contribution in [0.2, 0.25) is 0 Å². The number of nitrogens with one attached hydrogen (secondary N) is 2. The first-order chi connectivity index (χ1) is 7.34. The van der Waals surface area contributed by atoms with Crippen LogP contribution >= 0.6 is 0 Å². The zero-order valence-corrected chi connectivity index (χ0v) is 9.01. The normalized spacial score (nSPS) is 21.3. The number of H-pyrrole nitrogens is 1. The van der Waals surface area contributed by atoms with Crippen molar-refractivity contribution in [2.45, 2.75) is 19.3 Å². The molecule has 2 aromatic rings. The van der Waals surface area contributed by atoms with Gasteiger partial charge < -0.3 is 10.3 Å². The molecule has 0 saturated carbocycles. The molecule has 1 aliphatic heterocycles. The summed E-state index contributed by atoms with van der Waals surface area (Å²) in [5.74, 6) is 0.678. The van der Waals surface area contributed by atoms with Gasteiger partial charge in [-0.05, 0) is 37.6 Å². The monoisotopic (exact) mass is 200 g/mol. The number of hydrogen-bond donors (Lipinski definition) is 2. The lowest BCUT2D eigenvalue weighted by Crippen LogP contribution is -2.07. The Balaban J connectivity index is 2.09. The van der Waals surface area contributed by atoms with E-state index in [1.807, 2.05) is 0 Å². The minimum absolute atomic E-state index is 0.678. The van der Waals surface area contributed by atoms with Crippen molar-refractivity contribution in [3.8, 4) is 0 Å². The lowest BCUT2D eigenvalue weighted by atomic mass is 10.0. The fraction of sp³-hybridized carbons (Fsp3) is 0.385. The summed E-state index contributed by atoms with van der Waals surface area (Å²) < 4.78 is 0. The first-order valence-electron chi connectivity index (χ1n) is 5.63. The van der Waals surface area contributed by atoms with Crippen molar-refractivity contribution in [2.75, 3.05) is 13.1 Å². The molecule has 0 spiro atoms. The molecule has 2 N–H and O–H groups in total. The molecule has 2 heteroatoms. The van der Waals surface area contributed by atoms with E-state index in [0.29, 0.717) is 5.92 Å². The highest BCUT2D eigenvalue weighted by atomic mass is 14.9. The van der Waals surface area contributed by atoms with E-state index >= 15 is 0 Å². The van der Waals surface area contributed by atoms with Gasteiger partial charge in [0.1, 0.15) is 0 Å². The Hall–Kier alpha value is -1.28. The van der Waals surface area contributed by atoms with Gasteiger partial charge in [-0.25, -0.2) is 0 Å². The van der Waals surface area contributed by atoms with Crippen LogP contribution in [-0.4, -0.2) is 18.1 Å². The highest BCUT2D eigenvalue weighted by Gasteiger charge is 2.18. The molecule has 0 unspecified atom stereocenters. The van der Waals surface area contributed by atoms with Gasteiger partial charge in [-0.15, -0.1) is 0 Å². The molecule has 78 valence electrons. The molecular formula is C13H16N2. The van der Waals surface area contributed by atoms with Gasteiger partial charge in [0, 0.05) is 29.1 Å². The second kappa shape index (κ2) is 3.38. The molecule has 0 bridgehead atoms. The predicted molar refractivity (Wildman–Crippen MR) is 63.3 cm³/mol. The second-order valence-corrected chi connectivity index (χ2v) is 4.45. The third-order valence-corrected chi connectivity index (χ3v) is 3.40. The number of aromatic nitrogens is 1. The van der Waals surface area contributed by atoms with E-state index in [-0.39, 0.29) is 0 Å². The third-order valence-electron chi connectivity index (χ3n) is 3.40. The van der Waals surface area contributed by atoms with E-state index in [2.05, 4.69) is 41.5 Å². The summed E-state index contributed by atoms with van der Waals surface area (Å²) in [4.78, 5) is 3.54. The highest BCUT2D eigenvalue weighted by Crippen LogP contribution is 2.27. The quantitative estimate of drug-likeness (QED) is 0.727. The first kappa shape index (κ1) is 8.98. The zero-order chi connectivity index (χ0) is 10.3. The maximum atomic E-state index is 3.54. The van der Waals surface area contributed by atoms with Crippen molar-refractivity contribution >= 4 is 10.9 Å². The Labute approximate surface area is 89.7 Å². The van der Waals surface area contributed by atoms with Gasteiger partial charge in [-0.2, -0.15) is 0 Å². The van der Waals surface area contributed by atoms with Gasteiger partial charge in [0.2, 0.25) is 0 Å². The molecule has 1 aliphatic rings. The largest absolute Gasteiger partial charge is 0.358 e. The highest BCUT2D eigenvalue weighted by molar-refractivity contribution is 5.83. The number of aryl methyl sites for hydroxylation is 1. The molecule has 3 rings (SSSR count). The number of hydrogen-bond acceptors (Lipinski definition) is 1. The van der Waals surface area contributed by atoms with E-state index in [1.165, 1.54) is 28.6 Å². The van der Waals surface area contributed by atoms with Crippen molar-refractivity contribution in [3.63, 3.8) is 0 Å². The van der Waals surface area contributed by atoms with E-state index in [9.17, 15) is 0 Å². The zero-order valence-electron chi connectivity index (χ0n) is 9.01. The number of fused-ring (bicyclic) bond motifs is 1. The van der Waals surface area contributed by atoms with E-state index in [1.54, 1.807) is 0 Å². The molecule has 0 radical (unpaired) electrons. The summed E-state index contributed by atoms with van der Waals surface area (Å²) in [6, 6.07) is 8.77. The molecule has 1 fully saturated rings. The Morgan fingerprint density at radius 3 is 3.00 bits per heavy atom. The molecular weight excluding hydrogens is 184 g/mol. The fourth-order valence-electron chi connectivity index (χ4n) is 2.47. The third kappa shape index (κ3) is 1.45. The molecule has 15 heavy (non-hydrogen) atoms. The van der Waals surface area contributed by atoms with Gasteiger partial charge in [0.05, 0.1) is 0 Å². The molecule has 1 saturated heterocycles. The Morgan fingerprint density at radius 2 is 2.27 bits per heavy atom. The summed E-state index contributed by atoms with van der Waals surface area (Å²) in [6.07, 6.45) is 1.26. The minimum atomic E-state index is 0.678. The number of rotatable bonds is 1. The minimum Gasteiger partial charge on any atom is -0.358 e. The van der Waals surface area contributed by atoms with Crippen LogP contribution in [0.4, 0.5) is 0 Å². The summed E-state index contributed by atoms with van der Waals surface area (Å²) in [5, 5.41) is 4.78. The number of benzene rings is 1. The van der Waals surface area contributed by atoms with Crippen LogP contribution in [-0.2, 0) is 0 Å². The molecule has 0 amide bonds. The Bertz CT molecular complexity index is 478. The van der Waals surface area contributed by atoms with Gasteiger partial charge >= 0.3 is 0 Å². The summed E-state index contributed by atoms with van der Waals surface area (Å²) in [6.45, 7) is 4.44. The van der Waals surface area contributed by atoms with Crippen molar-refractivity contribution in [1.29, 1.82) is 0 Å². The van der Waals surface area contributed by atoms with E-state index in [0.717, 1.165) is 13.1 Å². The topological polar surface area (TPSA) is 27.8 Å². The first-order valence-corrected chi connectivity index (χ1v) is 5.63. The Kier molecular flexibility index (Phi) is 2.03. The molecule has 1 aromatic heterocycles. The van der Waals surface area contributed by atoms with Crippen LogP contribution < -0.4 is 5.32 Å². The van der Waals surface area contributed by atoms with Crippen LogP contribution in [0.25, 0.3) is 10.9 Å². The summed E-state index contributed by atoms with van der Waals surface area (Å²) >= 11 is 0. The van der Waals surface area contributed by atoms with E-state index in [4.69, 9.17) is 0 Å². The van der Waals surface area contributed by atoms with Crippen molar-refractivity contribution in [3.05, 3.63) is 35.5 Å². The summed E-state index contributed by atoms with van der Waals surface area (Å²) in [5.41, 5.74) is 4.03. The smallest absolute Gasteiger partial charge is 0.0458 e. The van der Waals surface area contributed by atoms with Gasteiger partial charge in [-0.1, -0.05) is 12.1 Å². The average molecular weight is 200 g/mol. The van der Waals surface area contributed by atoms with Crippen molar-refractivity contribution < 1.29 is 0 Å². The standard InChI is InChI=1S/C13H16N2/c1-9-3-2-4-12-11(9)7-13(15-12)10-5-6-14-8-10/h2-4,7,10,14-15H,5-6,8H2,1H3/t10-/m1/s1. The Morgan fingerprint density at radius 1 is 1.33 bits per heavy atom. The fourth-order valence-corrected chi connectivity index (χ4v) is 2.47. The second-order valence-electron chi connectivity index (χ2n) is 4.45. The van der Waals surface area contributed by atoms with Crippen LogP contribution in [0.3, 0.4) is 0 Å². The number of aromatic amines is 1. The predicted octanol–water partition coefficient (Wildman–Crippen LogP) is 2.55. The lowest BCUT2D eigenvalue weighted by Gasteiger charge is -2.03. The van der Waals surface area contributed by atoms with Gasteiger partial charge in [0.25, 0.3) is 0 Å². The van der Waals surface area contributed by atoms with Crippen LogP contribution in [0.5, 0.6) is 0 Å². The molecule has 1 aromatic carbocycles. The van der Waals surface area contributed by atoms with Crippen LogP contribution in [0.15, 0.2) is 24.3 Å².